The van der Waals surface area contributed by atoms with Gasteiger partial charge in [0, 0.05) is 13.1 Å². The Morgan fingerprint density at radius 3 is 2.12 bits per heavy atom. The lowest BCUT2D eigenvalue weighted by Gasteiger charge is -2.09. The van der Waals surface area contributed by atoms with Gasteiger partial charge in [0.1, 0.15) is 0 Å². The minimum Gasteiger partial charge on any atom is -0.229 e. The van der Waals surface area contributed by atoms with Crippen LogP contribution in [0.15, 0.2) is 0 Å². The predicted molar refractivity (Wildman–Crippen MR) is 62.4 cm³/mol. The van der Waals surface area contributed by atoms with Crippen molar-refractivity contribution in [3.63, 3.8) is 0 Å². The van der Waals surface area contributed by atoms with E-state index >= 15 is 0 Å². The smallest absolute Gasteiger partial charge is 0.229 e. The molecule has 0 amide bonds. The molecule has 0 aliphatic rings. The van der Waals surface area contributed by atoms with E-state index in [4.69, 9.17) is 5.14 Å². The molecular formula is C7H19N3O4S2. The van der Waals surface area contributed by atoms with E-state index in [1.54, 1.807) is 0 Å². The summed E-state index contributed by atoms with van der Waals surface area (Å²) in [5.74, 6) is -0.0272. The Bertz CT molecular complexity index is 388. The molecule has 0 fully saturated rings. The fourth-order valence-corrected chi connectivity index (χ4v) is 2.42. The van der Waals surface area contributed by atoms with Crippen LogP contribution in [0.2, 0.25) is 0 Å². The van der Waals surface area contributed by atoms with Crippen LogP contribution >= 0.6 is 0 Å². The largest absolute Gasteiger partial charge is 0.276 e. The number of sulfonamides is 1. The van der Waals surface area contributed by atoms with Gasteiger partial charge < -0.3 is 0 Å². The SMILES string of the molecule is CC(C)CNS(=O)(=O)NCCCS(N)(=O)=O. The second-order valence-corrected chi connectivity index (χ2v) is 7.18. The molecule has 0 spiro atoms. The molecule has 0 aromatic heterocycles. The first-order valence-corrected chi connectivity index (χ1v) is 8.07. The topological polar surface area (TPSA) is 118 Å². The molecule has 0 aromatic rings. The van der Waals surface area contributed by atoms with E-state index in [0.717, 1.165) is 0 Å². The van der Waals surface area contributed by atoms with Crippen molar-refractivity contribution in [3.8, 4) is 0 Å². The van der Waals surface area contributed by atoms with Crippen LogP contribution in [0.5, 0.6) is 0 Å². The zero-order valence-corrected chi connectivity index (χ0v) is 11.1. The standard InChI is InChI=1S/C7H19N3O4S2/c1-7(2)6-10-16(13,14)9-4-3-5-15(8,11)12/h7,9-10H,3-6H2,1-2H3,(H2,8,11,12). The van der Waals surface area contributed by atoms with Crippen LogP contribution in [-0.4, -0.2) is 35.7 Å². The highest BCUT2D eigenvalue weighted by atomic mass is 32.2. The fraction of sp³-hybridized carbons (Fsp3) is 1.00. The lowest BCUT2D eigenvalue weighted by molar-refractivity contribution is 0.546. The quantitative estimate of drug-likeness (QED) is 0.478. The molecule has 0 aromatic carbocycles. The summed E-state index contributed by atoms with van der Waals surface area (Å²) in [5.41, 5.74) is 0. The normalized spacial score (nSPS) is 13.2. The van der Waals surface area contributed by atoms with Gasteiger partial charge in [-0.3, -0.25) is 0 Å². The first-order valence-electron chi connectivity index (χ1n) is 4.87. The molecule has 0 bridgehead atoms. The van der Waals surface area contributed by atoms with E-state index in [1.807, 2.05) is 13.8 Å². The van der Waals surface area contributed by atoms with Crippen molar-refractivity contribution in [2.45, 2.75) is 20.3 Å². The van der Waals surface area contributed by atoms with Crippen LogP contribution in [0.1, 0.15) is 20.3 Å². The fourth-order valence-electron chi connectivity index (χ4n) is 0.807. The second-order valence-electron chi connectivity index (χ2n) is 3.86. The highest BCUT2D eigenvalue weighted by molar-refractivity contribution is 7.89. The number of nitrogens with two attached hydrogens (primary N) is 1. The maximum Gasteiger partial charge on any atom is 0.276 e. The summed E-state index contributed by atoms with van der Waals surface area (Å²) < 4.78 is 48.2. The highest BCUT2D eigenvalue weighted by Gasteiger charge is 2.09. The van der Waals surface area contributed by atoms with Crippen molar-refractivity contribution >= 4 is 20.2 Å². The summed E-state index contributed by atoms with van der Waals surface area (Å²) in [4.78, 5) is 0. The van der Waals surface area contributed by atoms with Crippen molar-refractivity contribution in [1.29, 1.82) is 0 Å². The van der Waals surface area contributed by atoms with Crippen molar-refractivity contribution in [3.05, 3.63) is 0 Å². The summed E-state index contributed by atoms with van der Waals surface area (Å²) >= 11 is 0. The Morgan fingerprint density at radius 2 is 1.69 bits per heavy atom. The minimum atomic E-state index is -3.53. The van der Waals surface area contributed by atoms with Crippen molar-refractivity contribution < 1.29 is 16.8 Å². The van der Waals surface area contributed by atoms with Crippen LogP contribution in [0.25, 0.3) is 0 Å². The van der Waals surface area contributed by atoms with Gasteiger partial charge in [-0.15, -0.1) is 0 Å². The third-order valence-corrected chi connectivity index (χ3v) is 3.57. The second kappa shape index (κ2) is 6.50. The van der Waals surface area contributed by atoms with E-state index in [-0.39, 0.29) is 24.6 Å². The van der Waals surface area contributed by atoms with Gasteiger partial charge in [0.25, 0.3) is 10.2 Å². The number of primary sulfonamides is 1. The summed E-state index contributed by atoms with van der Waals surface area (Å²) in [6.07, 6.45) is 0.154. The van der Waals surface area contributed by atoms with Crippen LogP contribution in [0.4, 0.5) is 0 Å². The van der Waals surface area contributed by atoms with Crippen LogP contribution in [-0.2, 0) is 20.2 Å². The zero-order chi connectivity index (χ0) is 12.8. The van der Waals surface area contributed by atoms with Gasteiger partial charge >= 0.3 is 0 Å². The third-order valence-electron chi connectivity index (χ3n) is 1.58. The van der Waals surface area contributed by atoms with E-state index in [0.29, 0.717) is 6.54 Å². The molecule has 0 rings (SSSR count). The van der Waals surface area contributed by atoms with Crippen molar-refractivity contribution in [1.82, 2.24) is 9.44 Å². The van der Waals surface area contributed by atoms with Gasteiger partial charge in [0.05, 0.1) is 5.75 Å². The van der Waals surface area contributed by atoms with E-state index in [1.165, 1.54) is 0 Å². The Hall–Kier alpha value is -0.220. The Balaban J connectivity index is 3.84. The van der Waals surface area contributed by atoms with Crippen molar-refractivity contribution in [2.24, 2.45) is 11.1 Å². The minimum absolute atomic E-state index is 0.0455. The van der Waals surface area contributed by atoms with Gasteiger partial charge in [0.2, 0.25) is 10.0 Å². The maximum atomic E-state index is 11.3. The average molecular weight is 273 g/mol. The molecule has 16 heavy (non-hydrogen) atoms. The molecule has 0 saturated carbocycles. The molecule has 7 nitrogen and oxygen atoms in total. The Labute approximate surface area is 97.0 Å². The number of hydrogen-bond donors (Lipinski definition) is 3. The van der Waals surface area contributed by atoms with Gasteiger partial charge in [-0.1, -0.05) is 13.8 Å². The average Bonchev–Trinajstić information content (AvgIpc) is 2.08. The van der Waals surface area contributed by atoms with E-state index in [9.17, 15) is 16.8 Å². The van der Waals surface area contributed by atoms with Crippen LogP contribution in [0.3, 0.4) is 0 Å². The van der Waals surface area contributed by atoms with E-state index in [2.05, 4.69) is 9.44 Å². The monoisotopic (exact) mass is 273 g/mol. The summed E-state index contributed by atoms with van der Waals surface area (Å²) in [6, 6.07) is 0. The number of hydrogen-bond acceptors (Lipinski definition) is 4. The molecule has 0 aliphatic carbocycles. The highest BCUT2D eigenvalue weighted by Crippen LogP contribution is 1.90. The number of rotatable bonds is 8. The third kappa shape index (κ3) is 10.3. The van der Waals surface area contributed by atoms with Gasteiger partial charge in [0.15, 0.2) is 0 Å². The lowest BCUT2D eigenvalue weighted by atomic mass is 10.2. The van der Waals surface area contributed by atoms with Gasteiger partial charge in [-0.05, 0) is 12.3 Å². The van der Waals surface area contributed by atoms with Gasteiger partial charge in [-0.2, -0.15) is 8.42 Å². The molecular weight excluding hydrogens is 254 g/mol. The van der Waals surface area contributed by atoms with Crippen LogP contribution < -0.4 is 14.6 Å². The molecule has 4 N–H and O–H groups in total. The first kappa shape index (κ1) is 15.8. The summed E-state index contributed by atoms with van der Waals surface area (Å²) in [5, 5.41) is 4.76. The van der Waals surface area contributed by atoms with Crippen molar-refractivity contribution in [2.75, 3.05) is 18.8 Å². The molecule has 9 heteroatoms. The molecule has 98 valence electrons. The summed E-state index contributed by atoms with van der Waals surface area (Å²) in [7, 11) is -7.05. The Kier molecular flexibility index (Phi) is 6.41. The molecule has 0 heterocycles. The maximum absolute atomic E-state index is 11.3. The molecule has 0 saturated heterocycles. The van der Waals surface area contributed by atoms with E-state index < -0.39 is 20.2 Å². The first-order chi connectivity index (χ1) is 7.12. The lowest BCUT2D eigenvalue weighted by Crippen LogP contribution is -2.39. The van der Waals surface area contributed by atoms with Gasteiger partial charge in [-0.25, -0.2) is 23.0 Å². The molecule has 0 aliphatic heterocycles. The molecule has 0 unspecified atom stereocenters. The Morgan fingerprint density at radius 1 is 1.12 bits per heavy atom. The predicted octanol–water partition coefficient (Wildman–Crippen LogP) is -1.25. The summed E-state index contributed by atoms with van der Waals surface area (Å²) in [6.45, 7) is 4.14. The molecule has 0 radical (unpaired) electrons. The zero-order valence-electron chi connectivity index (χ0n) is 9.43. The van der Waals surface area contributed by atoms with Crippen LogP contribution in [0, 0.1) is 5.92 Å². The molecule has 0 atom stereocenters. The number of nitrogens with one attached hydrogen (secondary N) is 2.